The number of fused-ring (bicyclic) bond motifs is 1. The Kier molecular flexibility index (Phi) is 4.12. The lowest BCUT2D eigenvalue weighted by atomic mass is 10.1. The number of nitrogens with zero attached hydrogens (tertiary/aromatic N) is 1. The smallest absolute Gasteiger partial charge is 0.138 e. The van der Waals surface area contributed by atoms with Gasteiger partial charge in [-0.1, -0.05) is 36.4 Å². The summed E-state index contributed by atoms with van der Waals surface area (Å²) in [6, 6.07) is 18.7. The third-order valence-corrected chi connectivity index (χ3v) is 3.53. The summed E-state index contributed by atoms with van der Waals surface area (Å²) >= 11 is 0. The third-order valence-electron chi connectivity index (χ3n) is 3.53. The van der Waals surface area contributed by atoms with E-state index in [1.54, 1.807) is 0 Å². The SMILES string of the molecule is NCCCc1cccc(Nc2nccc3ccccc23)c1. The average Bonchev–Trinajstić information content (AvgIpc) is 2.54. The molecular weight excluding hydrogens is 258 g/mol. The summed E-state index contributed by atoms with van der Waals surface area (Å²) in [5.41, 5.74) is 7.93. The first kappa shape index (κ1) is 13.6. The molecule has 0 aliphatic rings. The highest BCUT2D eigenvalue weighted by Crippen LogP contribution is 2.24. The van der Waals surface area contributed by atoms with Gasteiger partial charge in [-0.2, -0.15) is 0 Å². The van der Waals surface area contributed by atoms with E-state index in [1.165, 1.54) is 10.9 Å². The summed E-state index contributed by atoms with van der Waals surface area (Å²) in [7, 11) is 0. The van der Waals surface area contributed by atoms with Gasteiger partial charge in [0.25, 0.3) is 0 Å². The van der Waals surface area contributed by atoms with Crippen molar-refractivity contribution in [2.45, 2.75) is 12.8 Å². The van der Waals surface area contributed by atoms with Gasteiger partial charge in [-0.25, -0.2) is 4.98 Å². The van der Waals surface area contributed by atoms with E-state index in [1.807, 2.05) is 24.4 Å². The Morgan fingerprint density at radius 2 is 1.90 bits per heavy atom. The van der Waals surface area contributed by atoms with Gasteiger partial charge in [0.05, 0.1) is 0 Å². The Morgan fingerprint density at radius 3 is 2.81 bits per heavy atom. The Labute approximate surface area is 124 Å². The van der Waals surface area contributed by atoms with Crippen LogP contribution in [0, 0.1) is 0 Å². The number of aromatic nitrogens is 1. The highest BCUT2D eigenvalue weighted by atomic mass is 15.0. The first-order valence-electron chi connectivity index (χ1n) is 7.26. The molecule has 0 unspecified atom stereocenters. The molecule has 1 heterocycles. The number of aryl methyl sites for hydroxylation is 1. The second-order valence-corrected chi connectivity index (χ2v) is 5.10. The number of benzene rings is 2. The van der Waals surface area contributed by atoms with Crippen LogP contribution in [0.15, 0.2) is 60.8 Å². The van der Waals surface area contributed by atoms with Crippen LogP contribution < -0.4 is 11.1 Å². The summed E-state index contributed by atoms with van der Waals surface area (Å²) in [4.78, 5) is 4.46. The fourth-order valence-electron chi connectivity index (χ4n) is 2.47. The van der Waals surface area contributed by atoms with Gasteiger partial charge in [0.2, 0.25) is 0 Å². The largest absolute Gasteiger partial charge is 0.340 e. The van der Waals surface area contributed by atoms with Crippen LogP contribution in [-0.4, -0.2) is 11.5 Å². The summed E-state index contributed by atoms with van der Waals surface area (Å²) in [6.07, 6.45) is 3.86. The normalized spacial score (nSPS) is 10.7. The van der Waals surface area contributed by atoms with Crippen molar-refractivity contribution < 1.29 is 0 Å². The van der Waals surface area contributed by atoms with Crippen LogP contribution >= 0.6 is 0 Å². The topological polar surface area (TPSA) is 50.9 Å². The molecule has 0 bridgehead atoms. The minimum Gasteiger partial charge on any atom is -0.340 e. The zero-order chi connectivity index (χ0) is 14.5. The van der Waals surface area contributed by atoms with Gasteiger partial charge >= 0.3 is 0 Å². The minimum absolute atomic E-state index is 0.725. The summed E-state index contributed by atoms with van der Waals surface area (Å²) in [5, 5.41) is 5.74. The molecule has 3 aromatic rings. The molecule has 0 atom stereocenters. The van der Waals surface area contributed by atoms with E-state index >= 15 is 0 Å². The summed E-state index contributed by atoms with van der Waals surface area (Å²) < 4.78 is 0. The maximum absolute atomic E-state index is 5.57. The van der Waals surface area contributed by atoms with Gasteiger partial charge in [-0.05, 0) is 48.5 Å². The van der Waals surface area contributed by atoms with Gasteiger partial charge in [-0.3, -0.25) is 0 Å². The molecule has 2 aromatic carbocycles. The molecule has 0 saturated carbocycles. The van der Waals surface area contributed by atoms with Crippen LogP contribution in [0.4, 0.5) is 11.5 Å². The van der Waals surface area contributed by atoms with Crippen molar-refractivity contribution in [3.8, 4) is 0 Å². The van der Waals surface area contributed by atoms with Crippen LogP contribution in [0.2, 0.25) is 0 Å². The predicted molar refractivity (Wildman–Crippen MR) is 88.8 cm³/mol. The number of nitrogens with one attached hydrogen (secondary N) is 1. The minimum atomic E-state index is 0.725. The van der Waals surface area contributed by atoms with Crippen molar-refractivity contribution in [3.05, 3.63) is 66.4 Å². The van der Waals surface area contributed by atoms with E-state index in [4.69, 9.17) is 5.73 Å². The van der Waals surface area contributed by atoms with Gasteiger partial charge in [0.15, 0.2) is 0 Å². The molecule has 0 fully saturated rings. The Balaban J connectivity index is 1.88. The van der Waals surface area contributed by atoms with Crippen molar-refractivity contribution in [2.75, 3.05) is 11.9 Å². The first-order valence-corrected chi connectivity index (χ1v) is 7.26. The van der Waals surface area contributed by atoms with Crippen LogP contribution in [0.5, 0.6) is 0 Å². The maximum atomic E-state index is 5.57. The van der Waals surface area contributed by atoms with Crippen LogP contribution in [-0.2, 0) is 6.42 Å². The van der Waals surface area contributed by atoms with Gasteiger partial charge in [0.1, 0.15) is 5.82 Å². The van der Waals surface area contributed by atoms with Gasteiger partial charge in [-0.15, -0.1) is 0 Å². The average molecular weight is 277 g/mol. The molecule has 1 aromatic heterocycles. The van der Waals surface area contributed by atoms with Crippen LogP contribution in [0.1, 0.15) is 12.0 Å². The maximum Gasteiger partial charge on any atom is 0.138 e. The van der Waals surface area contributed by atoms with E-state index in [0.29, 0.717) is 0 Å². The van der Waals surface area contributed by atoms with Crippen LogP contribution in [0.3, 0.4) is 0 Å². The number of hydrogen-bond donors (Lipinski definition) is 2. The molecule has 3 nitrogen and oxygen atoms in total. The van der Waals surface area contributed by atoms with Crippen molar-refractivity contribution in [1.82, 2.24) is 4.98 Å². The monoisotopic (exact) mass is 277 g/mol. The van der Waals surface area contributed by atoms with E-state index < -0.39 is 0 Å². The van der Waals surface area contributed by atoms with Gasteiger partial charge < -0.3 is 11.1 Å². The Bertz CT molecular complexity index is 732. The van der Waals surface area contributed by atoms with E-state index in [9.17, 15) is 0 Å². The second-order valence-electron chi connectivity index (χ2n) is 5.10. The van der Waals surface area contributed by atoms with Crippen molar-refractivity contribution in [1.29, 1.82) is 0 Å². The van der Waals surface area contributed by atoms with Crippen molar-refractivity contribution in [3.63, 3.8) is 0 Å². The number of pyridine rings is 1. The van der Waals surface area contributed by atoms with Crippen molar-refractivity contribution in [2.24, 2.45) is 5.73 Å². The number of anilines is 2. The standard InChI is InChI=1S/C18H19N3/c19-11-4-6-14-5-3-8-16(13-14)21-18-17-9-2-1-7-15(17)10-12-20-18/h1-3,5,7-10,12-13H,4,6,11,19H2,(H,20,21). The molecule has 0 spiro atoms. The van der Waals surface area contributed by atoms with E-state index in [0.717, 1.165) is 36.3 Å². The molecule has 3 N–H and O–H groups in total. The predicted octanol–water partition coefficient (Wildman–Crippen LogP) is 3.87. The summed E-state index contributed by atoms with van der Waals surface area (Å²) in [5.74, 6) is 0.893. The summed E-state index contributed by atoms with van der Waals surface area (Å²) in [6.45, 7) is 0.725. The molecule has 3 heteroatoms. The molecule has 3 rings (SSSR count). The number of rotatable bonds is 5. The highest BCUT2D eigenvalue weighted by Gasteiger charge is 2.03. The lowest BCUT2D eigenvalue weighted by Gasteiger charge is -2.10. The molecule has 21 heavy (non-hydrogen) atoms. The lowest BCUT2D eigenvalue weighted by molar-refractivity contribution is 0.833. The highest BCUT2D eigenvalue weighted by molar-refractivity contribution is 5.93. The molecule has 0 aliphatic heterocycles. The lowest BCUT2D eigenvalue weighted by Crippen LogP contribution is -2.01. The Morgan fingerprint density at radius 1 is 1.00 bits per heavy atom. The fraction of sp³-hybridized carbons (Fsp3) is 0.167. The van der Waals surface area contributed by atoms with Crippen LogP contribution in [0.25, 0.3) is 10.8 Å². The number of hydrogen-bond acceptors (Lipinski definition) is 3. The second kappa shape index (κ2) is 6.37. The molecular formula is C18H19N3. The zero-order valence-electron chi connectivity index (χ0n) is 11.9. The third kappa shape index (κ3) is 3.20. The first-order chi connectivity index (χ1) is 10.4. The zero-order valence-corrected chi connectivity index (χ0v) is 11.9. The molecule has 0 aliphatic carbocycles. The molecule has 0 radical (unpaired) electrons. The van der Waals surface area contributed by atoms with Gasteiger partial charge in [0, 0.05) is 17.3 Å². The Hall–Kier alpha value is -2.39. The molecule has 0 amide bonds. The van der Waals surface area contributed by atoms with E-state index in [-0.39, 0.29) is 0 Å². The van der Waals surface area contributed by atoms with Crippen molar-refractivity contribution >= 4 is 22.3 Å². The molecule has 106 valence electrons. The van der Waals surface area contributed by atoms with E-state index in [2.05, 4.69) is 46.7 Å². The fourth-order valence-corrected chi connectivity index (χ4v) is 2.47. The quantitative estimate of drug-likeness (QED) is 0.744. The molecule has 0 saturated heterocycles. The number of nitrogens with two attached hydrogens (primary N) is 1.